The van der Waals surface area contributed by atoms with Gasteiger partial charge in [0.1, 0.15) is 0 Å². The zero-order valence-corrected chi connectivity index (χ0v) is 17.6. The lowest BCUT2D eigenvalue weighted by molar-refractivity contribution is -0.00211. The molecule has 2 aliphatic heterocycles. The molecule has 0 bridgehead atoms. The summed E-state index contributed by atoms with van der Waals surface area (Å²) >= 11 is 6.65. The van der Waals surface area contributed by atoms with Crippen molar-refractivity contribution in [2.75, 3.05) is 31.6 Å². The van der Waals surface area contributed by atoms with Crippen molar-refractivity contribution in [3.63, 3.8) is 0 Å². The van der Waals surface area contributed by atoms with E-state index in [9.17, 15) is 5.11 Å². The third kappa shape index (κ3) is 3.54. The van der Waals surface area contributed by atoms with Gasteiger partial charge in [0.25, 0.3) is 0 Å². The average molecular weight is 429 g/mol. The van der Waals surface area contributed by atoms with Gasteiger partial charge in [-0.05, 0) is 56.5 Å². The lowest BCUT2D eigenvalue weighted by Gasteiger charge is -2.43. The van der Waals surface area contributed by atoms with E-state index in [1.54, 1.807) is 18.6 Å². The largest absolute Gasteiger partial charge is 0.389 e. The summed E-state index contributed by atoms with van der Waals surface area (Å²) in [6, 6.07) is 4.05. The number of anilines is 2. The number of aliphatic hydroxyl groups excluding tert-OH is 1. The van der Waals surface area contributed by atoms with Gasteiger partial charge in [-0.2, -0.15) is 5.10 Å². The second kappa shape index (κ2) is 7.77. The van der Waals surface area contributed by atoms with Gasteiger partial charge in [0.15, 0.2) is 0 Å². The van der Waals surface area contributed by atoms with E-state index in [-0.39, 0.29) is 5.54 Å². The van der Waals surface area contributed by atoms with Gasteiger partial charge in [0, 0.05) is 22.8 Å². The molecule has 0 radical (unpaired) electrons. The van der Waals surface area contributed by atoms with Crippen LogP contribution in [0.2, 0.25) is 5.02 Å². The van der Waals surface area contributed by atoms with Crippen molar-refractivity contribution < 1.29 is 9.84 Å². The number of aromatic amines is 1. The molecule has 30 heavy (non-hydrogen) atoms. The van der Waals surface area contributed by atoms with Gasteiger partial charge in [0.2, 0.25) is 5.95 Å². The number of H-pyrrole nitrogens is 1. The zero-order valence-electron chi connectivity index (χ0n) is 16.8. The maximum atomic E-state index is 10.3. The second-order valence-electron chi connectivity index (χ2n) is 8.39. The molecular weight excluding hydrogens is 404 g/mol. The summed E-state index contributed by atoms with van der Waals surface area (Å²) in [6.45, 7) is 4.92. The molecule has 0 spiro atoms. The maximum absolute atomic E-state index is 10.3. The minimum absolute atomic E-state index is 0.293. The highest BCUT2D eigenvalue weighted by Gasteiger charge is 2.45. The van der Waals surface area contributed by atoms with Crippen LogP contribution in [0, 0.1) is 0 Å². The van der Waals surface area contributed by atoms with E-state index in [1.165, 1.54) is 0 Å². The van der Waals surface area contributed by atoms with E-state index in [0.717, 1.165) is 53.1 Å². The van der Waals surface area contributed by atoms with Crippen molar-refractivity contribution in [3.05, 3.63) is 41.3 Å². The molecule has 1 aromatic carbocycles. The van der Waals surface area contributed by atoms with Crippen LogP contribution < -0.4 is 5.32 Å². The normalized spacial score (nSPS) is 25.8. The van der Waals surface area contributed by atoms with E-state index in [0.29, 0.717) is 25.1 Å². The van der Waals surface area contributed by atoms with Crippen LogP contribution in [0.3, 0.4) is 0 Å². The number of hydrogen-bond donors (Lipinski definition) is 3. The topological polar surface area (TPSA) is 99.2 Å². The smallest absolute Gasteiger partial charge is 0.227 e. The van der Waals surface area contributed by atoms with E-state index in [4.69, 9.17) is 16.3 Å². The number of piperidine rings is 1. The van der Waals surface area contributed by atoms with Crippen molar-refractivity contribution in [2.24, 2.45) is 0 Å². The fourth-order valence-corrected chi connectivity index (χ4v) is 4.87. The van der Waals surface area contributed by atoms with Crippen LogP contribution >= 0.6 is 11.6 Å². The fourth-order valence-electron chi connectivity index (χ4n) is 4.54. The molecular formula is C21H25ClN6O2. The molecule has 0 amide bonds. The summed E-state index contributed by atoms with van der Waals surface area (Å²) in [7, 11) is 0. The number of halogens is 1. The van der Waals surface area contributed by atoms with Crippen molar-refractivity contribution >= 4 is 34.1 Å². The molecule has 0 saturated carbocycles. The molecule has 3 aromatic rings. The van der Waals surface area contributed by atoms with Gasteiger partial charge in [-0.15, -0.1) is 0 Å². The Labute approximate surface area is 179 Å². The number of aromatic nitrogens is 4. The van der Waals surface area contributed by atoms with Gasteiger partial charge < -0.3 is 15.2 Å². The summed E-state index contributed by atoms with van der Waals surface area (Å²) in [5.41, 5.74) is 2.51. The maximum Gasteiger partial charge on any atom is 0.227 e. The van der Waals surface area contributed by atoms with Crippen molar-refractivity contribution in [2.45, 2.75) is 37.3 Å². The van der Waals surface area contributed by atoms with Crippen LogP contribution in [0.5, 0.6) is 0 Å². The Morgan fingerprint density at radius 1 is 1.30 bits per heavy atom. The van der Waals surface area contributed by atoms with E-state index >= 15 is 0 Å². The Balaban J connectivity index is 1.35. The SMILES string of the molecule is C[C@]1(N2CCC(c3cc4nc(Nc5cn[nH]c5)ncc4cc3Cl)CC2)COC[C@H]1O. The van der Waals surface area contributed by atoms with Crippen LogP contribution in [-0.4, -0.2) is 68.1 Å². The van der Waals surface area contributed by atoms with Crippen molar-refractivity contribution in [3.8, 4) is 0 Å². The summed E-state index contributed by atoms with van der Waals surface area (Å²) in [5, 5.41) is 21.9. The van der Waals surface area contributed by atoms with Crippen LogP contribution in [0.4, 0.5) is 11.6 Å². The van der Waals surface area contributed by atoms with Crippen molar-refractivity contribution in [1.29, 1.82) is 0 Å². The number of hydrogen-bond acceptors (Lipinski definition) is 7. The number of fused-ring (bicyclic) bond motifs is 1. The lowest BCUT2D eigenvalue weighted by Crippen LogP contribution is -2.56. The minimum Gasteiger partial charge on any atom is -0.389 e. The summed E-state index contributed by atoms with van der Waals surface area (Å²) in [6.07, 6.45) is 6.75. The molecule has 2 fully saturated rings. The van der Waals surface area contributed by atoms with Gasteiger partial charge in [0.05, 0.1) is 42.3 Å². The van der Waals surface area contributed by atoms with Crippen LogP contribution in [0.1, 0.15) is 31.2 Å². The summed E-state index contributed by atoms with van der Waals surface area (Å²) in [4.78, 5) is 11.4. The lowest BCUT2D eigenvalue weighted by atomic mass is 9.85. The molecule has 3 N–H and O–H groups in total. The summed E-state index contributed by atoms with van der Waals surface area (Å²) < 4.78 is 5.51. The first kappa shape index (κ1) is 19.7. The molecule has 8 nitrogen and oxygen atoms in total. The van der Waals surface area contributed by atoms with Gasteiger partial charge in [-0.3, -0.25) is 10.00 Å². The highest BCUT2D eigenvalue weighted by atomic mass is 35.5. The van der Waals surface area contributed by atoms with E-state index < -0.39 is 6.10 Å². The third-order valence-electron chi connectivity index (χ3n) is 6.50. The Hall–Kier alpha value is -2.26. The number of nitrogens with zero attached hydrogens (tertiary/aromatic N) is 4. The number of aliphatic hydroxyl groups is 1. The first-order chi connectivity index (χ1) is 14.5. The number of nitrogens with one attached hydrogen (secondary N) is 2. The zero-order chi connectivity index (χ0) is 20.7. The molecule has 2 aliphatic rings. The van der Waals surface area contributed by atoms with Crippen molar-refractivity contribution in [1.82, 2.24) is 25.1 Å². The first-order valence-corrected chi connectivity index (χ1v) is 10.6. The molecule has 0 aliphatic carbocycles. The molecule has 2 saturated heterocycles. The minimum atomic E-state index is -0.434. The predicted octanol–water partition coefficient (Wildman–Crippen LogP) is 3.08. The number of likely N-dealkylation sites (tertiary alicyclic amines) is 1. The molecule has 158 valence electrons. The average Bonchev–Trinajstić information content (AvgIpc) is 3.38. The third-order valence-corrected chi connectivity index (χ3v) is 6.83. The Morgan fingerprint density at radius 2 is 2.13 bits per heavy atom. The Bertz CT molecular complexity index is 1040. The predicted molar refractivity (Wildman–Crippen MR) is 115 cm³/mol. The van der Waals surface area contributed by atoms with E-state index in [2.05, 4.69) is 43.4 Å². The van der Waals surface area contributed by atoms with Crippen LogP contribution in [0.15, 0.2) is 30.7 Å². The molecule has 2 atom stereocenters. The number of rotatable bonds is 4. The number of ether oxygens (including phenoxy) is 1. The molecule has 4 heterocycles. The molecule has 9 heteroatoms. The summed E-state index contributed by atoms with van der Waals surface area (Å²) in [5.74, 6) is 0.886. The first-order valence-electron chi connectivity index (χ1n) is 10.3. The standard InChI is InChI=1S/C21H25ClN6O2/c1-21(12-30-11-19(21)29)28-4-2-13(3-5-28)16-7-18-14(6-17(16)22)8-23-20(27-18)26-15-9-24-25-10-15/h6-10,13,19,29H,2-5,11-12H2,1H3,(H,24,25)(H,23,26,27)/t19-,21+/m1/s1. The van der Waals surface area contributed by atoms with Gasteiger partial charge in [-0.1, -0.05) is 11.6 Å². The fraction of sp³-hybridized carbons (Fsp3) is 0.476. The van der Waals surface area contributed by atoms with Gasteiger partial charge in [-0.25, -0.2) is 9.97 Å². The highest BCUT2D eigenvalue weighted by molar-refractivity contribution is 6.32. The van der Waals surface area contributed by atoms with Gasteiger partial charge >= 0.3 is 0 Å². The number of benzene rings is 1. The van der Waals surface area contributed by atoms with Crippen LogP contribution in [-0.2, 0) is 4.74 Å². The van der Waals surface area contributed by atoms with E-state index in [1.807, 2.05) is 6.07 Å². The quantitative estimate of drug-likeness (QED) is 0.587. The molecule has 2 aromatic heterocycles. The molecule has 5 rings (SSSR count). The molecule has 0 unspecified atom stereocenters. The highest BCUT2D eigenvalue weighted by Crippen LogP contribution is 2.38. The second-order valence-corrected chi connectivity index (χ2v) is 8.79. The Morgan fingerprint density at radius 3 is 2.83 bits per heavy atom. The van der Waals surface area contributed by atoms with Crippen LogP contribution in [0.25, 0.3) is 10.9 Å². The Kier molecular flexibility index (Phi) is 5.10. The monoisotopic (exact) mass is 428 g/mol.